The molecular formula is C17H14F2O2. The second-order valence-electron chi connectivity index (χ2n) is 5.58. The van der Waals surface area contributed by atoms with Gasteiger partial charge in [-0.05, 0) is 36.1 Å². The Hall–Kier alpha value is -2.23. The summed E-state index contributed by atoms with van der Waals surface area (Å²) >= 11 is 0. The molecule has 0 N–H and O–H groups in total. The summed E-state index contributed by atoms with van der Waals surface area (Å²) in [5.41, 5.74) is 0.428. The Kier molecular flexibility index (Phi) is 3.24. The van der Waals surface area contributed by atoms with Crippen LogP contribution in [0.5, 0.6) is 0 Å². The molecule has 0 spiro atoms. The Labute approximate surface area is 120 Å². The molecule has 108 valence electrons. The second kappa shape index (κ2) is 4.95. The van der Waals surface area contributed by atoms with Crippen molar-refractivity contribution in [1.29, 1.82) is 0 Å². The van der Waals surface area contributed by atoms with Crippen molar-refractivity contribution in [2.45, 2.75) is 20.3 Å². The monoisotopic (exact) mass is 288 g/mol. The van der Waals surface area contributed by atoms with E-state index in [2.05, 4.69) is 0 Å². The summed E-state index contributed by atoms with van der Waals surface area (Å²) in [7, 11) is 0. The van der Waals surface area contributed by atoms with Crippen LogP contribution in [0.25, 0.3) is 21.9 Å². The lowest BCUT2D eigenvalue weighted by atomic mass is 10.0. The molecule has 3 rings (SSSR count). The lowest BCUT2D eigenvalue weighted by Crippen LogP contribution is -1.97. The van der Waals surface area contributed by atoms with Crippen LogP contribution in [0.15, 0.2) is 28.7 Å². The predicted molar refractivity (Wildman–Crippen MR) is 77.6 cm³/mol. The Bertz CT molecular complexity index is 847. The summed E-state index contributed by atoms with van der Waals surface area (Å²) in [6, 6.07) is 6.40. The topological polar surface area (TPSA) is 30.2 Å². The maximum Gasteiger partial charge on any atom is 0.176 e. The Balaban J connectivity index is 2.32. The predicted octanol–water partition coefficient (Wildman–Crippen LogP) is 4.88. The number of halogens is 2. The van der Waals surface area contributed by atoms with Gasteiger partial charge in [0.15, 0.2) is 29.1 Å². The molecule has 2 nitrogen and oxygen atoms in total. The van der Waals surface area contributed by atoms with Crippen LogP contribution < -0.4 is 0 Å². The van der Waals surface area contributed by atoms with E-state index in [0.717, 1.165) is 0 Å². The zero-order valence-electron chi connectivity index (χ0n) is 11.7. The number of hydrogen-bond acceptors (Lipinski definition) is 2. The van der Waals surface area contributed by atoms with Crippen LogP contribution >= 0.6 is 0 Å². The minimum atomic E-state index is -0.747. The third-order valence-corrected chi connectivity index (χ3v) is 3.55. The summed E-state index contributed by atoms with van der Waals surface area (Å²) in [5, 5.41) is 0.995. The molecule has 1 aromatic heterocycles. The van der Waals surface area contributed by atoms with Crippen LogP contribution in [0.3, 0.4) is 0 Å². The Morgan fingerprint density at radius 1 is 1.05 bits per heavy atom. The highest BCUT2D eigenvalue weighted by atomic mass is 19.1. The number of rotatable bonds is 3. The van der Waals surface area contributed by atoms with Gasteiger partial charge >= 0.3 is 0 Å². The van der Waals surface area contributed by atoms with Gasteiger partial charge in [-0.1, -0.05) is 19.9 Å². The average molecular weight is 288 g/mol. The number of benzene rings is 2. The molecule has 0 atom stereocenters. The molecule has 0 amide bonds. The van der Waals surface area contributed by atoms with E-state index in [1.165, 1.54) is 6.07 Å². The van der Waals surface area contributed by atoms with Crippen molar-refractivity contribution in [2.75, 3.05) is 0 Å². The van der Waals surface area contributed by atoms with E-state index in [4.69, 9.17) is 4.42 Å². The van der Waals surface area contributed by atoms with Crippen molar-refractivity contribution >= 4 is 28.2 Å². The molecule has 2 aromatic carbocycles. The van der Waals surface area contributed by atoms with E-state index in [-0.39, 0.29) is 16.7 Å². The zero-order chi connectivity index (χ0) is 15.1. The molecule has 0 bridgehead atoms. The molecule has 0 unspecified atom stereocenters. The first-order valence-electron chi connectivity index (χ1n) is 6.80. The van der Waals surface area contributed by atoms with Crippen molar-refractivity contribution in [3.05, 3.63) is 47.0 Å². The van der Waals surface area contributed by atoms with Crippen LogP contribution in [0.2, 0.25) is 0 Å². The summed E-state index contributed by atoms with van der Waals surface area (Å²) in [6.07, 6.45) is 1.00. The van der Waals surface area contributed by atoms with Gasteiger partial charge < -0.3 is 4.42 Å². The summed E-state index contributed by atoms with van der Waals surface area (Å²) in [4.78, 5) is 10.8. The van der Waals surface area contributed by atoms with Gasteiger partial charge in [-0.25, -0.2) is 8.78 Å². The summed E-state index contributed by atoms with van der Waals surface area (Å²) in [5.74, 6) is -0.896. The number of fused-ring (bicyclic) bond motifs is 3. The maximum absolute atomic E-state index is 14.5. The molecule has 0 aliphatic carbocycles. The Morgan fingerprint density at radius 2 is 1.67 bits per heavy atom. The minimum absolute atomic E-state index is 0.0464. The van der Waals surface area contributed by atoms with Crippen LogP contribution in [0, 0.1) is 17.6 Å². The van der Waals surface area contributed by atoms with Gasteiger partial charge in [0.25, 0.3) is 0 Å². The van der Waals surface area contributed by atoms with E-state index in [1.54, 1.807) is 18.2 Å². The van der Waals surface area contributed by atoms with Gasteiger partial charge in [-0.2, -0.15) is 0 Å². The highest BCUT2D eigenvalue weighted by Crippen LogP contribution is 2.34. The van der Waals surface area contributed by atoms with E-state index in [9.17, 15) is 13.6 Å². The summed E-state index contributed by atoms with van der Waals surface area (Å²) in [6.45, 7) is 4.00. The molecule has 4 heteroatoms. The third-order valence-electron chi connectivity index (χ3n) is 3.55. The van der Waals surface area contributed by atoms with Gasteiger partial charge in [0.2, 0.25) is 0 Å². The van der Waals surface area contributed by atoms with Crippen LogP contribution in [0.4, 0.5) is 8.78 Å². The van der Waals surface area contributed by atoms with Gasteiger partial charge in [-0.15, -0.1) is 0 Å². The first kappa shape index (κ1) is 13.7. The molecule has 3 aromatic rings. The van der Waals surface area contributed by atoms with Crippen LogP contribution in [0.1, 0.15) is 29.8 Å². The van der Waals surface area contributed by atoms with Gasteiger partial charge in [-0.3, -0.25) is 4.79 Å². The molecule has 1 heterocycles. The molecule has 0 aliphatic rings. The van der Waals surface area contributed by atoms with Crippen molar-refractivity contribution in [3.63, 3.8) is 0 Å². The normalized spacial score (nSPS) is 11.7. The first-order valence-corrected chi connectivity index (χ1v) is 6.80. The van der Waals surface area contributed by atoms with Gasteiger partial charge in [0, 0.05) is 10.8 Å². The lowest BCUT2D eigenvalue weighted by molar-refractivity contribution is 0.112. The molecule has 0 radical (unpaired) electrons. The van der Waals surface area contributed by atoms with E-state index >= 15 is 0 Å². The summed E-state index contributed by atoms with van der Waals surface area (Å²) < 4.78 is 34.0. The molecular weight excluding hydrogens is 274 g/mol. The van der Waals surface area contributed by atoms with Gasteiger partial charge in [0.1, 0.15) is 0 Å². The molecule has 0 saturated heterocycles. The molecule has 0 fully saturated rings. The zero-order valence-corrected chi connectivity index (χ0v) is 11.7. The number of aldehydes is 1. The smallest absolute Gasteiger partial charge is 0.176 e. The first-order chi connectivity index (χ1) is 10.0. The highest BCUT2D eigenvalue weighted by molar-refractivity contribution is 6.06. The Morgan fingerprint density at radius 3 is 2.29 bits per heavy atom. The highest BCUT2D eigenvalue weighted by Gasteiger charge is 2.18. The SMILES string of the molecule is CC(C)Cc1ccc2c(oc3c(F)c(C=O)ccc32)c1F. The van der Waals surface area contributed by atoms with Crippen molar-refractivity contribution in [3.8, 4) is 0 Å². The average Bonchev–Trinajstić information content (AvgIpc) is 2.82. The van der Waals surface area contributed by atoms with Gasteiger partial charge in [0.05, 0.1) is 5.56 Å². The molecule has 21 heavy (non-hydrogen) atoms. The third kappa shape index (κ3) is 2.11. The minimum Gasteiger partial charge on any atom is -0.450 e. The molecule has 0 saturated carbocycles. The number of carbonyl (C=O) groups excluding carboxylic acids is 1. The number of furan rings is 1. The quantitative estimate of drug-likeness (QED) is 0.643. The molecule has 0 aliphatic heterocycles. The number of carbonyl (C=O) groups is 1. The maximum atomic E-state index is 14.5. The fraction of sp³-hybridized carbons (Fsp3) is 0.235. The van der Waals surface area contributed by atoms with Crippen LogP contribution in [-0.2, 0) is 6.42 Å². The van der Waals surface area contributed by atoms with Crippen molar-refractivity contribution in [2.24, 2.45) is 5.92 Å². The van der Waals surface area contributed by atoms with Crippen molar-refractivity contribution in [1.82, 2.24) is 0 Å². The lowest BCUT2D eigenvalue weighted by Gasteiger charge is -2.06. The van der Waals surface area contributed by atoms with Crippen molar-refractivity contribution < 1.29 is 18.0 Å². The van der Waals surface area contributed by atoms with Crippen LogP contribution in [-0.4, -0.2) is 6.29 Å². The van der Waals surface area contributed by atoms with E-state index < -0.39 is 11.6 Å². The number of hydrogen-bond donors (Lipinski definition) is 0. The van der Waals surface area contributed by atoms with E-state index in [1.807, 2.05) is 13.8 Å². The fourth-order valence-electron chi connectivity index (χ4n) is 2.58. The largest absolute Gasteiger partial charge is 0.450 e. The standard InChI is InChI=1S/C17H14F2O2/c1-9(2)7-10-3-5-12-13-6-4-11(8-20)15(19)17(13)21-16(12)14(10)18/h3-6,8-9H,7H2,1-2H3. The fourth-order valence-corrected chi connectivity index (χ4v) is 2.58. The second-order valence-corrected chi connectivity index (χ2v) is 5.58. The van der Waals surface area contributed by atoms with E-state index in [0.29, 0.717) is 35.0 Å².